The molecule has 0 aromatic heterocycles. The predicted octanol–water partition coefficient (Wildman–Crippen LogP) is 2.17. The summed E-state index contributed by atoms with van der Waals surface area (Å²) in [4.78, 5) is 21.9. The van der Waals surface area contributed by atoms with Gasteiger partial charge in [-0.3, -0.25) is 14.9 Å². The fraction of sp³-hybridized carbons (Fsp3) is 0.364. The number of anilines is 1. The third-order valence-electron chi connectivity index (χ3n) is 2.53. The van der Waals surface area contributed by atoms with Gasteiger partial charge in [-0.15, -0.1) is 0 Å². The SMILES string of the molecule is CC(C)(CN)C(=O)Nc1ccc(Cl)c([N+](=O)[O-])c1. The van der Waals surface area contributed by atoms with Crippen molar-refractivity contribution >= 4 is 28.9 Å². The number of carbonyl (C=O) groups is 1. The van der Waals surface area contributed by atoms with Gasteiger partial charge in [0.25, 0.3) is 5.69 Å². The molecule has 6 nitrogen and oxygen atoms in total. The molecule has 0 spiro atoms. The molecule has 98 valence electrons. The van der Waals surface area contributed by atoms with Gasteiger partial charge in [-0.1, -0.05) is 11.6 Å². The highest BCUT2D eigenvalue weighted by Gasteiger charge is 2.26. The van der Waals surface area contributed by atoms with Crippen molar-refractivity contribution in [1.82, 2.24) is 0 Å². The lowest BCUT2D eigenvalue weighted by molar-refractivity contribution is -0.384. The highest BCUT2D eigenvalue weighted by Crippen LogP contribution is 2.28. The van der Waals surface area contributed by atoms with Crippen LogP contribution < -0.4 is 11.1 Å². The average Bonchev–Trinajstić information content (AvgIpc) is 2.31. The van der Waals surface area contributed by atoms with E-state index in [2.05, 4.69) is 5.32 Å². The van der Waals surface area contributed by atoms with Gasteiger partial charge in [0, 0.05) is 18.3 Å². The molecule has 0 atom stereocenters. The molecule has 0 saturated carbocycles. The van der Waals surface area contributed by atoms with Gasteiger partial charge in [0.05, 0.1) is 10.3 Å². The zero-order chi connectivity index (χ0) is 13.9. The van der Waals surface area contributed by atoms with Crippen molar-refractivity contribution in [3.8, 4) is 0 Å². The minimum Gasteiger partial charge on any atom is -0.329 e. The molecule has 0 unspecified atom stereocenters. The fourth-order valence-corrected chi connectivity index (χ4v) is 1.31. The number of halogens is 1. The lowest BCUT2D eigenvalue weighted by Crippen LogP contribution is -2.37. The minimum atomic E-state index is -0.742. The predicted molar refractivity (Wildman–Crippen MR) is 69.6 cm³/mol. The van der Waals surface area contributed by atoms with Gasteiger partial charge in [0.1, 0.15) is 5.02 Å². The second-order valence-corrected chi connectivity index (χ2v) is 4.87. The van der Waals surface area contributed by atoms with E-state index in [9.17, 15) is 14.9 Å². The summed E-state index contributed by atoms with van der Waals surface area (Å²) in [6, 6.07) is 4.08. The van der Waals surface area contributed by atoms with Gasteiger partial charge in [0.15, 0.2) is 0 Å². The maximum Gasteiger partial charge on any atom is 0.289 e. The van der Waals surface area contributed by atoms with E-state index >= 15 is 0 Å². The number of nitrogens with one attached hydrogen (secondary N) is 1. The summed E-state index contributed by atoms with van der Waals surface area (Å²) in [5.74, 6) is -0.304. The topological polar surface area (TPSA) is 98.3 Å². The maximum atomic E-state index is 11.8. The first kappa shape index (κ1) is 14.4. The van der Waals surface area contributed by atoms with E-state index in [1.54, 1.807) is 13.8 Å². The Kier molecular flexibility index (Phi) is 4.26. The molecule has 0 aliphatic carbocycles. The summed E-state index contributed by atoms with van der Waals surface area (Å²) in [5.41, 5.74) is 4.80. The number of benzene rings is 1. The van der Waals surface area contributed by atoms with Crippen LogP contribution in [-0.4, -0.2) is 17.4 Å². The summed E-state index contributed by atoms with van der Waals surface area (Å²) in [6.07, 6.45) is 0. The summed E-state index contributed by atoms with van der Waals surface area (Å²) in [7, 11) is 0. The highest BCUT2D eigenvalue weighted by molar-refractivity contribution is 6.32. The van der Waals surface area contributed by atoms with Crippen molar-refractivity contribution in [2.45, 2.75) is 13.8 Å². The van der Waals surface area contributed by atoms with Crippen LogP contribution in [0.2, 0.25) is 5.02 Å². The molecule has 1 rings (SSSR count). The van der Waals surface area contributed by atoms with Crippen LogP contribution in [0.25, 0.3) is 0 Å². The molecule has 3 N–H and O–H groups in total. The lowest BCUT2D eigenvalue weighted by atomic mass is 9.92. The summed E-state index contributed by atoms with van der Waals surface area (Å²) >= 11 is 5.67. The average molecular weight is 272 g/mol. The monoisotopic (exact) mass is 271 g/mol. The Hall–Kier alpha value is -1.66. The molecule has 0 heterocycles. The van der Waals surface area contributed by atoms with E-state index in [0.29, 0.717) is 5.69 Å². The van der Waals surface area contributed by atoms with Crippen molar-refractivity contribution in [3.05, 3.63) is 33.3 Å². The Morgan fingerprint density at radius 3 is 2.67 bits per heavy atom. The first-order chi connectivity index (χ1) is 8.27. The number of nitrogens with zero attached hydrogens (tertiary/aromatic N) is 1. The zero-order valence-corrected chi connectivity index (χ0v) is 10.8. The van der Waals surface area contributed by atoms with Gasteiger partial charge in [0.2, 0.25) is 5.91 Å². The third kappa shape index (κ3) is 3.18. The van der Waals surface area contributed by atoms with Crippen molar-refractivity contribution in [2.24, 2.45) is 11.1 Å². The fourth-order valence-electron chi connectivity index (χ4n) is 1.12. The first-order valence-corrected chi connectivity index (χ1v) is 5.61. The van der Waals surface area contributed by atoms with E-state index in [1.807, 2.05) is 0 Å². The van der Waals surface area contributed by atoms with Crippen molar-refractivity contribution in [1.29, 1.82) is 0 Å². The maximum absolute atomic E-state index is 11.8. The molecule has 0 aliphatic rings. The van der Waals surface area contributed by atoms with Crippen LogP contribution in [0, 0.1) is 15.5 Å². The van der Waals surface area contributed by atoms with Crippen LogP contribution in [0.5, 0.6) is 0 Å². The first-order valence-electron chi connectivity index (χ1n) is 5.23. The molecule has 1 aromatic carbocycles. The molecule has 1 amide bonds. The Morgan fingerprint density at radius 1 is 1.56 bits per heavy atom. The zero-order valence-electron chi connectivity index (χ0n) is 10.1. The molecule has 0 bridgehead atoms. The van der Waals surface area contributed by atoms with Crippen LogP contribution >= 0.6 is 11.6 Å². The number of amides is 1. The third-order valence-corrected chi connectivity index (χ3v) is 2.85. The van der Waals surface area contributed by atoms with Gasteiger partial charge in [-0.25, -0.2) is 0 Å². The van der Waals surface area contributed by atoms with E-state index in [-0.39, 0.29) is 23.2 Å². The minimum absolute atomic E-state index is 0.0242. The number of nitrogens with two attached hydrogens (primary N) is 1. The van der Waals surface area contributed by atoms with Crippen LogP contribution in [0.1, 0.15) is 13.8 Å². The van der Waals surface area contributed by atoms with E-state index in [0.717, 1.165) is 0 Å². The van der Waals surface area contributed by atoms with Gasteiger partial charge in [-0.2, -0.15) is 0 Å². The Labute approximate surface area is 109 Å². The van der Waals surface area contributed by atoms with Gasteiger partial charge in [-0.05, 0) is 26.0 Å². The molecule has 1 aromatic rings. The van der Waals surface area contributed by atoms with E-state index < -0.39 is 10.3 Å². The van der Waals surface area contributed by atoms with Crippen molar-refractivity contribution in [3.63, 3.8) is 0 Å². The van der Waals surface area contributed by atoms with Crippen LogP contribution in [0.4, 0.5) is 11.4 Å². The Balaban J connectivity index is 2.96. The van der Waals surface area contributed by atoms with Crippen LogP contribution in [-0.2, 0) is 4.79 Å². The van der Waals surface area contributed by atoms with Gasteiger partial charge >= 0.3 is 0 Å². The van der Waals surface area contributed by atoms with Crippen molar-refractivity contribution < 1.29 is 9.72 Å². The van der Waals surface area contributed by atoms with Crippen LogP contribution in [0.3, 0.4) is 0 Å². The number of carbonyl (C=O) groups excluding carboxylic acids is 1. The van der Waals surface area contributed by atoms with E-state index in [4.69, 9.17) is 17.3 Å². The molecule has 18 heavy (non-hydrogen) atoms. The Bertz CT molecular complexity index is 488. The van der Waals surface area contributed by atoms with Crippen molar-refractivity contribution in [2.75, 3.05) is 11.9 Å². The molecular weight excluding hydrogens is 258 g/mol. The quantitative estimate of drug-likeness (QED) is 0.647. The molecule has 0 fully saturated rings. The van der Waals surface area contributed by atoms with Gasteiger partial charge < -0.3 is 11.1 Å². The number of nitro groups is 1. The lowest BCUT2D eigenvalue weighted by Gasteiger charge is -2.21. The molecule has 0 radical (unpaired) electrons. The van der Waals surface area contributed by atoms with Crippen LogP contribution in [0.15, 0.2) is 18.2 Å². The second-order valence-electron chi connectivity index (χ2n) is 4.47. The smallest absolute Gasteiger partial charge is 0.289 e. The molecule has 0 aliphatic heterocycles. The molecular formula is C11H14ClN3O3. The number of nitro benzene ring substituents is 1. The molecule has 0 saturated heterocycles. The standard InChI is InChI=1S/C11H14ClN3O3/c1-11(2,6-13)10(16)14-7-3-4-8(12)9(5-7)15(17)18/h3-5H,6,13H2,1-2H3,(H,14,16). The second kappa shape index (κ2) is 5.32. The normalized spacial score (nSPS) is 11.1. The highest BCUT2D eigenvalue weighted by atomic mass is 35.5. The largest absolute Gasteiger partial charge is 0.329 e. The summed E-state index contributed by atoms with van der Waals surface area (Å²) in [6.45, 7) is 3.55. The summed E-state index contributed by atoms with van der Waals surface area (Å²) < 4.78 is 0. The molecule has 7 heteroatoms. The number of hydrogen-bond acceptors (Lipinski definition) is 4. The Morgan fingerprint density at radius 2 is 2.17 bits per heavy atom. The summed E-state index contributed by atoms with van der Waals surface area (Å²) in [5, 5.41) is 13.3. The van der Waals surface area contributed by atoms with E-state index in [1.165, 1.54) is 18.2 Å². The number of rotatable bonds is 4. The number of hydrogen-bond donors (Lipinski definition) is 2.